The number of primary amides is 3. The molecule has 0 aliphatic heterocycles. The number of nitrogens with two attached hydrogens (primary N) is 7. The van der Waals surface area contributed by atoms with Crippen molar-refractivity contribution in [1.29, 1.82) is 0 Å². The van der Waals surface area contributed by atoms with Crippen LogP contribution in [-0.4, -0.2) is 190 Å². The molecule has 0 heterocycles. The van der Waals surface area contributed by atoms with Crippen LogP contribution in [0, 0.1) is 0 Å². The van der Waals surface area contributed by atoms with E-state index in [4.69, 9.17) is 40.1 Å². The van der Waals surface area contributed by atoms with Crippen molar-refractivity contribution >= 4 is 100 Å². The van der Waals surface area contributed by atoms with Gasteiger partial charge in [-0.05, 0) is 107 Å². The summed E-state index contributed by atoms with van der Waals surface area (Å²) in [5, 5.41) is 49.5. The molecule has 0 spiro atoms. The third-order valence-corrected chi connectivity index (χ3v) is 13.1. The molecule has 0 bridgehead atoms. The van der Waals surface area contributed by atoms with Crippen molar-refractivity contribution < 1.29 is 72.9 Å². The number of nitrogens with zero attached hydrogens (tertiary/aromatic N) is 1. The zero-order chi connectivity index (χ0) is 61.4. The first-order chi connectivity index (χ1) is 38.1. The standard InChI is InChI=1S/C48H80N16O15S2/c1-24(65)38(46(77)61-32(47(78)79)7-4-5-17-49)64-43(74)31(16-20-81-3)60-45(76)34(23-37(53)69)63-40(71)28(8-6-18-56-48(54)55)58-41(72)29(13-14-35(51)67)59-44(75)33(21-25-9-11-26(66)12-10-25)62-42(73)30(15-19-80-2)57-39(70)27(50)22-36(52)68/h9-12,24,27-34,38,65-66H,4-8,13-23,49-50H2,1-3H3,(H2,51,67)(H2,52,68)(H2,53,69)(H,57,70)(H,58,72)(H,59,75)(H,60,76)(H,61,77)(H,62,73)(H,63,71)(H,64,74)(H,78,79)(H4,54,55,56)/t24-,27+,28+,29+,30+,31+,32+,33+,34+,38+/m1/s1. The molecule has 0 aliphatic rings. The van der Waals surface area contributed by atoms with Crippen LogP contribution >= 0.6 is 23.5 Å². The number of benzene rings is 1. The summed E-state index contributed by atoms with van der Waals surface area (Å²) < 4.78 is 0. The van der Waals surface area contributed by atoms with E-state index in [1.807, 2.05) is 0 Å². The molecule has 25 N–H and O–H groups in total. The minimum absolute atomic E-state index is 0.0143. The normalized spacial score (nSPS) is 14.6. The number of thioether (sulfide) groups is 2. The van der Waals surface area contributed by atoms with Gasteiger partial charge in [-0.3, -0.25) is 57.7 Å². The third kappa shape index (κ3) is 29.0. The minimum Gasteiger partial charge on any atom is -0.508 e. The van der Waals surface area contributed by atoms with Gasteiger partial charge in [-0.25, -0.2) is 4.79 Å². The number of phenolic OH excluding ortho intramolecular Hbond substituents is 1. The van der Waals surface area contributed by atoms with Gasteiger partial charge in [-0.15, -0.1) is 0 Å². The predicted molar refractivity (Wildman–Crippen MR) is 299 cm³/mol. The highest BCUT2D eigenvalue weighted by Gasteiger charge is 2.36. The number of carboxylic acid groups (broad SMARTS) is 1. The highest BCUT2D eigenvalue weighted by Crippen LogP contribution is 2.14. The lowest BCUT2D eigenvalue weighted by atomic mass is 10.0. The van der Waals surface area contributed by atoms with E-state index in [0.29, 0.717) is 24.2 Å². The Morgan fingerprint density at radius 3 is 1.43 bits per heavy atom. The van der Waals surface area contributed by atoms with Crippen molar-refractivity contribution in [3.8, 4) is 5.75 Å². The van der Waals surface area contributed by atoms with E-state index in [-0.39, 0.29) is 69.1 Å². The molecule has 0 saturated heterocycles. The molecule has 0 aliphatic carbocycles. The van der Waals surface area contributed by atoms with Crippen molar-refractivity contribution in [3.63, 3.8) is 0 Å². The lowest BCUT2D eigenvalue weighted by molar-refractivity contribution is -0.143. The summed E-state index contributed by atoms with van der Waals surface area (Å²) in [6, 6.07) is -8.64. The molecule has 0 saturated carbocycles. The minimum atomic E-state index is -1.85. The molecule has 0 unspecified atom stereocenters. The molecule has 31 nitrogen and oxygen atoms in total. The van der Waals surface area contributed by atoms with Crippen LogP contribution in [0.5, 0.6) is 5.75 Å². The Balaban J connectivity index is 3.68. The molecule has 1 aromatic rings. The van der Waals surface area contributed by atoms with Crippen LogP contribution in [0.1, 0.15) is 83.1 Å². The molecule has 0 radical (unpaired) electrons. The van der Waals surface area contributed by atoms with Gasteiger partial charge in [0, 0.05) is 19.4 Å². The van der Waals surface area contributed by atoms with Gasteiger partial charge in [-0.2, -0.15) is 23.5 Å². The maximum Gasteiger partial charge on any atom is 0.326 e. The molecule has 10 atom stereocenters. The number of phenols is 1. The fourth-order valence-corrected chi connectivity index (χ4v) is 8.39. The zero-order valence-electron chi connectivity index (χ0n) is 45.4. The van der Waals surface area contributed by atoms with Crippen LogP contribution in [0.4, 0.5) is 0 Å². The number of aliphatic hydroxyl groups excluding tert-OH is 1. The summed E-state index contributed by atoms with van der Waals surface area (Å²) in [6.45, 7) is 1.32. The number of hydrogen-bond donors (Lipinski definition) is 18. The van der Waals surface area contributed by atoms with E-state index >= 15 is 0 Å². The highest BCUT2D eigenvalue weighted by atomic mass is 32.2. The van der Waals surface area contributed by atoms with Gasteiger partial charge in [0.1, 0.15) is 54.1 Å². The fraction of sp³-hybridized carbons (Fsp3) is 0.604. The van der Waals surface area contributed by atoms with Gasteiger partial charge >= 0.3 is 5.97 Å². The van der Waals surface area contributed by atoms with E-state index < -0.39 is 157 Å². The SMILES string of the molecule is CSCC[C@H](NC(=O)[C@H](CC(N)=O)NC(=O)[C@H](CCCN=C(N)N)NC(=O)[C@H](CCC(N)=O)NC(=O)[C@H](Cc1ccc(O)cc1)NC(=O)[C@H](CCSC)NC(=O)[C@@H](N)CC(N)=O)C(=O)N[C@H](C(=O)N[C@@H](CCCCN)C(=O)O)[C@@H](C)O. The highest BCUT2D eigenvalue weighted by molar-refractivity contribution is 7.98. The van der Waals surface area contributed by atoms with Gasteiger partial charge in [-0.1, -0.05) is 12.1 Å². The van der Waals surface area contributed by atoms with Crippen molar-refractivity contribution in [2.75, 3.05) is 37.1 Å². The van der Waals surface area contributed by atoms with Gasteiger partial charge in [0.25, 0.3) is 0 Å². The Hall–Kier alpha value is -7.49. The maximum atomic E-state index is 14.3. The molecule has 33 heteroatoms. The number of hydrogen-bond acceptors (Lipinski definition) is 19. The average Bonchev–Trinajstić information content (AvgIpc) is 3.38. The van der Waals surface area contributed by atoms with Gasteiger partial charge in [0.2, 0.25) is 65.0 Å². The first-order valence-electron chi connectivity index (χ1n) is 25.6. The first-order valence-corrected chi connectivity index (χ1v) is 28.4. The number of unbranched alkanes of at least 4 members (excludes halogenated alkanes) is 1. The molecule has 454 valence electrons. The van der Waals surface area contributed by atoms with Crippen LogP contribution in [-0.2, 0) is 64.0 Å². The number of aromatic hydroxyl groups is 1. The smallest absolute Gasteiger partial charge is 0.326 e. The molecule has 0 fully saturated rings. The molecule has 0 aromatic heterocycles. The Kier molecular flexibility index (Phi) is 33.7. The Bertz CT molecular complexity index is 2330. The molecule has 81 heavy (non-hydrogen) atoms. The fourth-order valence-electron chi connectivity index (χ4n) is 7.44. The Morgan fingerprint density at radius 2 is 0.963 bits per heavy atom. The number of carboxylic acids is 1. The second-order valence-electron chi connectivity index (χ2n) is 18.6. The second-order valence-corrected chi connectivity index (χ2v) is 20.6. The van der Waals surface area contributed by atoms with Crippen molar-refractivity contribution in [2.24, 2.45) is 45.1 Å². The van der Waals surface area contributed by atoms with Crippen LogP contribution in [0.3, 0.4) is 0 Å². The number of guanidine groups is 1. The third-order valence-electron chi connectivity index (χ3n) is 11.8. The number of rotatable bonds is 41. The van der Waals surface area contributed by atoms with E-state index in [2.05, 4.69) is 47.5 Å². The topological polar surface area (TPSA) is 556 Å². The van der Waals surface area contributed by atoms with E-state index in [1.165, 1.54) is 47.8 Å². The van der Waals surface area contributed by atoms with Gasteiger partial charge in [0.15, 0.2) is 5.96 Å². The summed E-state index contributed by atoms with van der Waals surface area (Å²) in [5.74, 6) is -12.5. The van der Waals surface area contributed by atoms with Crippen molar-refractivity contribution in [3.05, 3.63) is 29.8 Å². The summed E-state index contributed by atoms with van der Waals surface area (Å²) in [5.41, 5.74) is 38.8. The van der Waals surface area contributed by atoms with Crippen LogP contribution in [0.25, 0.3) is 0 Å². The zero-order valence-corrected chi connectivity index (χ0v) is 47.1. The largest absolute Gasteiger partial charge is 0.508 e. The first kappa shape index (κ1) is 71.5. The molecule has 11 amide bonds. The number of nitrogens with one attached hydrogen (secondary N) is 8. The van der Waals surface area contributed by atoms with Crippen LogP contribution < -0.4 is 82.7 Å². The molecule has 1 rings (SSSR count). The Morgan fingerprint density at radius 1 is 0.531 bits per heavy atom. The molecular weight excluding hydrogens is 1100 g/mol. The van der Waals surface area contributed by atoms with Crippen molar-refractivity contribution in [1.82, 2.24) is 42.5 Å². The van der Waals surface area contributed by atoms with E-state index in [9.17, 15) is 72.9 Å². The monoisotopic (exact) mass is 1180 g/mol. The lowest BCUT2D eigenvalue weighted by Gasteiger charge is -2.28. The van der Waals surface area contributed by atoms with E-state index in [1.54, 1.807) is 12.5 Å². The number of aliphatic carboxylic acids is 1. The molecule has 1 aromatic carbocycles. The number of aliphatic imine (C=N–C) groups is 1. The van der Waals surface area contributed by atoms with Crippen molar-refractivity contribution in [2.45, 2.75) is 144 Å². The molecular formula is C48H80N16O15S2. The second kappa shape index (κ2) is 38.2. The number of aliphatic hydroxyl groups is 1. The quantitative estimate of drug-likeness (QED) is 0.0165. The lowest BCUT2D eigenvalue weighted by Crippen LogP contribution is -2.61. The van der Waals surface area contributed by atoms with Gasteiger partial charge < -0.3 is 98.0 Å². The van der Waals surface area contributed by atoms with Crippen LogP contribution in [0.2, 0.25) is 0 Å². The number of amides is 11. The van der Waals surface area contributed by atoms with Crippen LogP contribution in [0.15, 0.2) is 29.3 Å². The predicted octanol–water partition coefficient (Wildman–Crippen LogP) is -6.69. The Labute approximate surface area is 476 Å². The maximum absolute atomic E-state index is 14.3. The number of carbonyl (C=O) groups is 12. The van der Waals surface area contributed by atoms with E-state index in [0.717, 1.165) is 6.92 Å². The summed E-state index contributed by atoms with van der Waals surface area (Å²) in [6.07, 6.45) is -0.540. The van der Waals surface area contributed by atoms with Gasteiger partial charge in [0.05, 0.1) is 25.0 Å². The summed E-state index contributed by atoms with van der Waals surface area (Å²) in [4.78, 5) is 163. The number of carbonyl (C=O) groups excluding carboxylic acids is 11. The average molecular weight is 1190 g/mol. The summed E-state index contributed by atoms with van der Waals surface area (Å²) >= 11 is 2.57. The summed E-state index contributed by atoms with van der Waals surface area (Å²) in [7, 11) is 0.